The molecule has 0 saturated carbocycles. The molecule has 4 heteroatoms. The summed E-state index contributed by atoms with van der Waals surface area (Å²) in [6.45, 7) is 0.00211. The van der Waals surface area contributed by atoms with Gasteiger partial charge in [0, 0.05) is 22.8 Å². The van der Waals surface area contributed by atoms with E-state index in [1.54, 1.807) is 19.2 Å². The molecule has 3 nitrogen and oxygen atoms in total. The summed E-state index contributed by atoms with van der Waals surface area (Å²) >= 11 is 6.08. The fourth-order valence-corrected chi connectivity index (χ4v) is 1.80. The third-order valence-corrected chi connectivity index (χ3v) is 2.80. The van der Waals surface area contributed by atoms with Crippen LogP contribution in [-0.4, -0.2) is 19.6 Å². The van der Waals surface area contributed by atoms with Crippen molar-refractivity contribution in [2.24, 2.45) is 0 Å². The van der Waals surface area contributed by atoms with Crippen LogP contribution in [0.4, 0.5) is 0 Å². The Balaban J connectivity index is 2.35. The summed E-state index contributed by atoms with van der Waals surface area (Å²) < 4.78 is 5.46. The van der Waals surface area contributed by atoms with Crippen LogP contribution in [0.2, 0.25) is 5.02 Å². The summed E-state index contributed by atoms with van der Waals surface area (Å²) in [4.78, 5) is 11.1. The number of amides is 1. The van der Waals surface area contributed by atoms with Gasteiger partial charge >= 0.3 is 0 Å². The van der Waals surface area contributed by atoms with Crippen molar-refractivity contribution in [1.29, 1.82) is 0 Å². The molecule has 0 saturated heterocycles. The van der Waals surface area contributed by atoms with Crippen molar-refractivity contribution in [1.82, 2.24) is 5.32 Å². The third-order valence-electron chi connectivity index (χ3n) is 2.47. The van der Waals surface area contributed by atoms with Crippen LogP contribution in [0.25, 0.3) is 10.8 Å². The van der Waals surface area contributed by atoms with Crippen molar-refractivity contribution in [2.75, 3.05) is 13.7 Å². The normalized spacial score (nSPS) is 10.2. The highest BCUT2D eigenvalue weighted by Gasteiger charge is 2.06. The first-order valence-corrected chi connectivity index (χ1v) is 5.61. The van der Waals surface area contributed by atoms with Crippen molar-refractivity contribution < 1.29 is 9.53 Å². The average molecular weight is 250 g/mol. The topological polar surface area (TPSA) is 38.3 Å². The molecule has 88 valence electrons. The van der Waals surface area contributed by atoms with Gasteiger partial charge in [0.2, 0.25) is 0 Å². The molecule has 0 aromatic heterocycles. The predicted octanol–water partition coefficient (Wildman–Crippen LogP) is 2.62. The number of likely N-dealkylation sites (N-methyl/N-ethyl adjacent to an activating group) is 1. The predicted molar refractivity (Wildman–Crippen MR) is 68.5 cm³/mol. The van der Waals surface area contributed by atoms with E-state index in [0.29, 0.717) is 10.8 Å². The zero-order chi connectivity index (χ0) is 12.3. The number of benzene rings is 2. The maximum absolute atomic E-state index is 11.1. The van der Waals surface area contributed by atoms with Gasteiger partial charge in [-0.2, -0.15) is 0 Å². The Morgan fingerprint density at radius 1 is 1.24 bits per heavy atom. The zero-order valence-corrected chi connectivity index (χ0v) is 10.1. The second kappa shape index (κ2) is 5.06. The van der Waals surface area contributed by atoms with Crippen LogP contribution in [0, 0.1) is 0 Å². The van der Waals surface area contributed by atoms with Crippen LogP contribution in [-0.2, 0) is 4.79 Å². The van der Waals surface area contributed by atoms with Crippen LogP contribution in [0.3, 0.4) is 0 Å². The van der Waals surface area contributed by atoms with E-state index < -0.39 is 0 Å². The fraction of sp³-hybridized carbons (Fsp3) is 0.154. The monoisotopic (exact) mass is 249 g/mol. The van der Waals surface area contributed by atoms with Gasteiger partial charge in [0.15, 0.2) is 6.61 Å². The number of nitrogens with one attached hydrogen (secondary N) is 1. The van der Waals surface area contributed by atoms with Crippen molar-refractivity contribution in [2.45, 2.75) is 0 Å². The van der Waals surface area contributed by atoms with Gasteiger partial charge < -0.3 is 10.1 Å². The first-order valence-electron chi connectivity index (χ1n) is 5.23. The van der Waals surface area contributed by atoms with E-state index >= 15 is 0 Å². The first kappa shape index (κ1) is 11.7. The number of halogens is 1. The molecule has 0 atom stereocenters. The maximum Gasteiger partial charge on any atom is 0.257 e. The second-order valence-corrected chi connectivity index (χ2v) is 3.96. The molecule has 0 radical (unpaired) electrons. The fourth-order valence-electron chi connectivity index (χ4n) is 1.58. The molecule has 2 rings (SSSR count). The molecule has 0 aliphatic heterocycles. The van der Waals surface area contributed by atoms with E-state index in [1.165, 1.54) is 0 Å². The van der Waals surface area contributed by atoms with Crippen LogP contribution >= 0.6 is 11.6 Å². The van der Waals surface area contributed by atoms with E-state index in [-0.39, 0.29) is 12.5 Å². The largest absolute Gasteiger partial charge is 0.483 e. The standard InChI is InChI=1S/C13H12ClNO2/c1-15-13(16)8-17-12-7-6-11(14)9-4-2-3-5-10(9)12/h2-7H,8H2,1H3,(H,15,16). The Labute approximate surface area is 104 Å². The van der Waals surface area contributed by atoms with Gasteiger partial charge in [0.1, 0.15) is 5.75 Å². The lowest BCUT2D eigenvalue weighted by atomic mass is 10.1. The molecule has 2 aromatic carbocycles. The van der Waals surface area contributed by atoms with Gasteiger partial charge in [-0.3, -0.25) is 4.79 Å². The molecule has 1 amide bonds. The SMILES string of the molecule is CNC(=O)COc1ccc(Cl)c2ccccc12. The van der Waals surface area contributed by atoms with Gasteiger partial charge in [0.25, 0.3) is 5.91 Å². The summed E-state index contributed by atoms with van der Waals surface area (Å²) in [6.07, 6.45) is 0. The molecular weight excluding hydrogens is 238 g/mol. The molecule has 2 aromatic rings. The van der Waals surface area contributed by atoms with Crippen LogP contribution in [0.15, 0.2) is 36.4 Å². The minimum Gasteiger partial charge on any atom is -0.483 e. The van der Waals surface area contributed by atoms with Crippen molar-refractivity contribution in [3.05, 3.63) is 41.4 Å². The maximum atomic E-state index is 11.1. The zero-order valence-electron chi connectivity index (χ0n) is 9.37. The average Bonchev–Trinajstić information content (AvgIpc) is 2.38. The minimum absolute atomic E-state index is 0.00211. The molecule has 0 heterocycles. The van der Waals surface area contributed by atoms with Crippen molar-refractivity contribution in [3.8, 4) is 5.75 Å². The van der Waals surface area contributed by atoms with Crippen LogP contribution < -0.4 is 10.1 Å². The van der Waals surface area contributed by atoms with E-state index in [1.807, 2.05) is 24.3 Å². The van der Waals surface area contributed by atoms with Gasteiger partial charge in [-0.05, 0) is 12.1 Å². The minimum atomic E-state index is -0.163. The molecule has 0 spiro atoms. The third kappa shape index (κ3) is 2.50. The lowest BCUT2D eigenvalue weighted by Crippen LogP contribution is -2.24. The molecule has 0 aliphatic rings. The summed E-state index contributed by atoms with van der Waals surface area (Å²) in [5.74, 6) is 0.498. The second-order valence-electron chi connectivity index (χ2n) is 3.55. The summed E-state index contributed by atoms with van der Waals surface area (Å²) in [5, 5.41) is 5.01. The lowest BCUT2D eigenvalue weighted by Gasteiger charge is -2.09. The van der Waals surface area contributed by atoms with Gasteiger partial charge in [0.05, 0.1) is 0 Å². The Bertz CT molecular complexity index is 554. The van der Waals surface area contributed by atoms with E-state index in [4.69, 9.17) is 16.3 Å². The highest BCUT2D eigenvalue weighted by Crippen LogP contribution is 2.31. The van der Waals surface area contributed by atoms with E-state index in [0.717, 1.165) is 10.8 Å². The number of ether oxygens (including phenoxy) is 1. The molecule has 17 heavy (non-hydrogen) atoms. The Kier molecular flexibility index (Phi) is 3.49. The molecular formula is C13H12ClNO2. The van der Waals surface area contributed by atoms with Gasteiger partial charge in [-0.1, -0.05) is 35.9 Å². The Morgan fingerprint density at radius 2 is 1.94 bits per heavy atom. The molecule has 0 aliphatic carbocycles. The summed E-state index contributed by atoms with van der Waals surface area (Å²) in [5.41, 5.74) is 0. The van der Waals surface area contributed by atoms with E-state index in [2.05, 4.69) is 5.32 Å². The quantitative estimate of drug-likeness (QED) is 0.908. The molecule has 1 N–H and O–H groups in total. The summed E-state index contributed by atoms with van der Waals surface area (Å²) in [7, 11) is 1.58. The van der Waals surface area contributed by atoms with E-state index in [9.17, 15) is 4.79 Å². The Hall–Kier alpha value is -1.74. The van der Waals surface area contributed by atoms with Crippen molar-refractivity contribution >= 4 is 28.3 Å². The highest BCUT2D eigenvalue weighted by atomic mass is 35.5. The first-order chi connectivity index (χ1) is 8.22. The summed E-state index contributed by atoms with van der Waals surface area (Å²) in [6, 6.07) is 11.2. The number of carbonyl (C=O) groups excluding carboxylic acids is 1. The lowest BCUT2D eigenvalue weighted by molar-refractivity contribution is -0.122. The van der Waals surface area contributed by atoms with Gasteiger partial charge in [-0.25, -0.2) is 0 Å². The highest BCUT2D eigenvalue weighted by molar-refractivity contribution is 6.35. The number of hydrogen-bond donors (Lipinski definition) is 1. The molecule has 0 unspecified atom stereocenters. The number of carbonyl (C=O) groups is 1. The number of rotatable bonds is 3. The molecule has 0 bridgehead atoms. The Morgan fingerprint density at radius 3 is 2.65 bits per heavy atom. The smallest absolute Gasteiger partial charge is 0.257 e. The molecule has 0 fully saturated rings. The van der Waals surface area contributed by atoms with Crippen LogP contribution in [0.5, 0.6) is 5.75 Å². The number of hydrogen-bond acceptors (Lipinski definition) is 2. The van der Waals surface area contributed by atoms with Crippen LogP contribution in [0.1, 0.15) is 0 Å². The van der Waals surface area contributed by atoms with Crippen molar-refractivity contribution in [3.63, 3.8) is 0 Å². The van der Waals surface area contributed by atoms with Gasteiger partial charge in [-0.15, -0.1) is 0 Å². The number of fused-ring (bicyclic) bond motifs is 1.